The summed E-state index contributed by atoms with van der Waals surface area (Å²) in [5, 5.41) is 5.75. The molecule has 246 valence electrons. The maximum Gasteiger partial charge on any atom is 0.416 e. The van der Waals surface area contributed by atoms with Crippen molar-refractivity contribution in [2.24, 2.45) is 0 Å². The van der Waals surface area contributed by atoms with Crippen molar-refractivity contribution in [3.63, 3.8) is 0 Å². The molecule has 1 fully saturated rings. The number of alkyl halides is 3. The van der Waals surface area contributed by atoms with Crippen molar-refractivity contribution >= 4 is 35.1 Å². The van der Waals surface area contributed by atoms with E-state index in [9.17, 15) is 22.8 Å². The van der Waals surface area contributed by atoms with E-state index in [0.717, 1.165) is 31.3 Å². The molecule has 0 saturated carbocycles. The van der Waals surface area contributed by atoms with Crippen molar-refractivity contribution in [1.29, 1.82) is 0 Å². The second-order valence-corrected chi connectivity index (χ2v) is 11.1. The highest BCUT2D eigenvalue weighted by atomic mass is 19.4. The minimum atomic E-state index is -4.63. The molecule has 46 heavy (non-hydrogen) atoms. The number of amides is 3. The molecule has 0 atom stereocenters. The lowest BCUT2D eigenvalue weighted by atomic mass is 10.0. The smallest absolute Gasteiger partial charge is 0.416 e. The van der Waals surface area contributed by atoms with E-state index >= 15 is 0 Å². The standard InChI is InChI=1S/C32H39F3N8O3/c1-5-36-30-37-18-23-20-43(31(45)42(7-3)28(23)39-30)25-15-24(16-26(17-25)46-4)38-29(44)21-8-9-22(27(14-21)32(33,34)35)19-41-12-10-40(6-2)11-13-41/h8-9,14-18H,5-7,10-13,19-20H2,1-4H3,(H,38,44)(H,36,37,39). The summed E-state index contributed by atoms with van der Waals surface area (Å²) in [4.78, 5) is 43.1. The third-order valence-electron chi connectivity index (χ3n) is 8.22. The number of likely N-dealkylation sites (N-methyl/N-ethyl adjacent to an activating group) is 1. The van der Waals surface area contributed by atoms with Gasteiger partial charge in [0.05, 0.1) is 24.9 Å². The molecule has 14 heteroatoms. The number of methoxy groups -OCH3 is 1. The Hall–Kier alpha value is -4.43. The molecule has 5 rings (SSSR count). The molecule has 0 aliphatic carbocycles. The lowest BCUT2D eigenvalue weighted by Crippen LogP contribution is -2.48. The van der Waals surface area contributed by atoms with E-state index in [0.29, 0.717) is 49.4 Å². The maximum absolute atomic E-state index is 14.2. The predicted molar refractivity (Wildman–Crippen MR) is 171 cm³/mol. The fraction of sp³-hybridized carbons (Fsp3) is 0.438. The number of nitrogens with zero attached hydrogens (tertiary/aromatic N) is 6. The Bertz CT molecular complexity index is 1580. The summed E-state index contributed by atoms with van der Waals surface area (Å²) in [5.41, 5.74) is 0.568. The number of fused-ring (bicyclic) bond motifs is 1. The van der Waals surface area contributed by atoms with Crippen molar-refractivity contribution in [3.05, 3.63) is 64.8 Å². The van der Waals surface area contributed by atoms with Crippen LogP contribution < -0.4 is 25.2 Å². The van der Waals surface area contributed by atoms with Gasteiger partial charge in [0.15, 0.2) is 0 Å². The Morgan fingerprint density at radius 2 is 1.74 bits per heavy atom. The molecule has 1 saturated heterocycles. The van der Waals surface area contributed by atoms with Crippen LogP contribution in [-0.4, -0.2) is 84.6 Å². The molecule has 0 spiro atoms. The van der Waals surface area contributed by atoms with Gasteiger partial charge >= 0.3 is 12.2 Å². The van der Waals surface area contributed by atoms with E-state index in [1.54, 1.807) is 24.4 Å². The van der Waals surface area contributed by atoms with Crippen LogP contribution in [0.15, 0.2) is 42.6 Å². The highest BCUT2D eigenvalue weighted by Crippen LogP contribution is 2.36. The van der Waals surface area contributed by atoms with Crippen molar-refractivity contribution in [3.8, 4) is 5.75 Å². The Morgan fingerprint density at radius 3 is 2.39 bits per heavy atom. The topological polar surface area (TPSA) is 106 Å². The first kappa shape index (κ1) is 32.9. The number of urea groups is 1. The highest BCUT2D eigenvalue weighted by Gasteiger charge is 2.35. The van der Waals surface area contributed by atoms with E-state index in [1.807, 2.05) is 18.7 Å². The van der Waals surface area contributed by atoms with Gasteiger partial charge in [-0.05, 0) is 44.2 Å². The normalized spacial score (nSPS) is 15.9. The number of benzene rings is 2. The summed E-state index contributed by atoms with van der Waals surface area (Å²) in [5.74, 6) is 0.562. The number of piperazine rings is 1. The highest BCUT2D eigenvalue weighted by molar-refractivity contribution is 6.07. The Labute approximate surface area is 266 Å². The van der Waals surface area contributed by atoms with Crippen LogP contribution in [0.4, 0.5) is 41.1 Å². The van der Waals surface area contributed by atoms with Crippen molar-refractivity contribution < 1.29 is 27.5 Å². The lowest BCUT2D eigenvalue weighted by molar-refractivity contribution is -0.138. The minimum absolute atomic E-state index is 0.128. The van der Waals surface area contributed by atoms with E-state index in [4.69, 9.17) is 4.74 Å². The van der Waals surface area contributed by atoms with Crippen LogP contribution in [0.3, 0.4) is 0 Å². The average molecular weight is 641 g/mol. The molecular weight excluding hydrogens is 601 g/mol. The molecule has 0 unspecified atom stereocenters. The lowest BCUT2D eigenvalue weighted by Gasteiger charge is -2.35. The quantitative estimate of drug-likeness (QED) is 0.308. The Kier molecular flexibility index (Phi) is 9.97. The minimum Gasteiger partial charge on any atom is -0.497 e. The summed E-state index contributed by atoms with van der Waals surface area (Å²) in [6, 6.07) is 8.14. The first-order chi connectivity index (χ1) is 22.0. The maximum atomic E-state index is 14.2. The third-order valence-corrected chi connectivity index (χ3v) is 8.22. The molecule has 0 bridgehead atoms. The van der Waals surface area contributed by atoms with Crippen molar-refractivity contribution in [1.82, 2.24) is 19.8 Å². The first-order valence-electron chi connectivity index (χ1n) is 15.4. The van der Waals surface area contributed by atoms with Crippen LogP contribution in [-0.2, 0) is 19.3 Å². The van der Waals surface area contributed by atoms with E-state index in [2.05, 4.69) is 32.4 Å². The zero-order valence-corrected chi connectivity index (χ0v) is 26.4. The van der Waals surface area contributed by atoms with E-state index in [1.165, 1.54) is 29.0 Å². The van der Waals surface area contributed by atoms with Gasteiger partial charge in [-0.25, -0.2) is 9.78 Å². The fourth-order valence-corrected chi connectivity index (χ4v) is 5.70. The van der Waals surface area contributed by atoms with Gasteiger partial charge < -0.3 is 20.3 Å². The SMILES string of the molecule is CCNc1ncc2c(n1)N(CC)C(=O)N(c1cc(NC(=O)c3ccc(CN4CCN(CC)CC4)c(C(F)(F)F)c3)cc(OC)c1)C2. The number of hydrogen-bond donors (Lipinski definition) is 2. The first-order valence-corrected chi connectivity index (χ1v) is 15.4. The van der Waals surface area contributed by atoms with Gasteiger partial charge in [0.2, 0.25) is 5.95 Å². The van der Waals surface area contributed by atoms with Gasteiger partial charge in [-0.2, -0.15) is 18.2 Å². The van der Waals surface area contributed by atoms with Crippen LogP contribution in [0.2, 0.25) is 0 Å². The van der Waals surface area contributed by atoms with Crippen LogP contribution in [0.25, 0.3) is 0 Å². The number of anilines is 4. The molecule has 2 aliphatic rings. The summed E-state index contributed by atoms with van der Waals surface area (Å²) in [7, 11) is 1.45. The average Bonchev–Trinajstić information content (AvgIpc) is 3.04. The number of carbonyl (C=O) groups excluding carboxylic acids is 2. The predicted octanol–water partition coefficient (Wildman–Crippen LogP) is 5.29. The summed E-state index contributed by atoms with van der Waals surface area (Å²) >= 11 is 0. The largest absolute Gasteiger partial charge is 0.497 e. The molecule has 3 aromatic rings. The second-order valence-electron chi connectivity index (χ2n) is 11.1. The van der Waals surface area contributed by atoms with Crippen LogP contribution in [0, 0.1) is 0 Å². The molecule has 3 heterocycles. The van der Waals surface area contributed by atoms with Gasteiger partial charge in [-0.3, -0.25) is 19.5 Å². The van der Waals surface area contributed by atoms with Crippen molar-refractivity contribution in [2.45, 2.75) is 40.0 Å². The van der Waals surface area contributed by atoms with Crippen LogP contribution in [0.1, 0.15) is 47.8 Å². The van der Waals surface area contributed by atoms with Gasteiger partial charge in [-0.15, -0.1) is 0 Å². The zero-order valence-electron chi connectivity index (χ0n) is 26.4. The second kappa shape index (κ2) is 13.9. The van der Waals surface area contributed by atoms with Gasteiger partial charge in [0, 0.05) is 81.0 Å². The number of aromatic nitrogens is 2. The molecule has 3 amide bonds. The number of halogens is 3. The molecule has 2 aromatic carbocycles. The summed E-state index contributed by atoms with van der Waals surface area (Å²) in [6.45, 7) is 11.0. The Morgan fingerprint density at radius 1 is 1.00 bits per heavy atom. The zero-order chi connectivity index (χ0) is 33.0. The van der Waals surface area contributed by atoms with Crippen LogP contribution >= 0.6 is 0 Å². The van der Waals surface area contributed by atoms with Gasteiger partial charge in [0.25, 0.3) is 5.91 Å². The van der Waals surface area contributed by atoms with E-state index in [-0.39, 0.29) is 35.9 Å². The molecule has 2 N–H and O–H groups in total. The number of carbonyl (C=O) groups is 2. The third kappa shape index (κ3) is 7.18. The molecule has 2 aliphatic heterocycles. The molecular formula is C32H39F3N8O3. The monoisotopic (exact) mass is 640 g/mol. The number of ether oxygens (including phenoxy) is 1. The van der Waals surface area contributed by atoms with Crippen molar-refractivity contribution in [2.75, 3.05) is 73.4 Å². The van der Waals surface area contributed by atoms with Gasteiger partial charge in [-0.1, -0.05) is 13.0 Å². The summed E-state index contributed by atoms with van der Waals surface area (Å²) < 4.78 is 48.0. The fourth-order valence-electron chi connectivity index (χ4n) is 5.70. The molecule has 11 nitrogen and oxygen atoms in total. The van der Waals surface area contributed by atoms with E-state index < -0.39 is 17.6 Å². The number of hydrogen-bond acceptors (Lipinski definition) is 8. The molecule has 0 radical (unpaired) electrons. The summed E-state index contributed by atoms with van der Waals surface area (Å²) in [6.07, 6.45) is -2.97. The van der Waals surface area contributed by atoms with Crippen LogP contribution in [0.5, 0.6) is 5.75 Å². The van der Waals surface area contributed by atoms with Gasteiger partial charge in [0.1, 0.15) is 11.6 Å². The Balaban J connectivity index is 1.38. The molecule has 1 aromatic heterocycles. The number of nitrogens with one attached hydrogen (secondary N) is 2. The number of rotatable bonds is 10.